The molecule has 4 heteroatoms. The standard InChI is InChI=1S/C9H13N3O/c1-7-2-11-8(3-10-7)4-12-9-5-13-6-9/h2-3,9,12H,4-6H2,1H3. The lowest BCUT2D eigenvalue weighted by Crippen LogP contribution is -2.45. The highest BCUT2D eigenvalue weighted by atomic mass is 16.5. The first-order chi connectivity index (χ1) is 6.34. The number of ether oxygens (including phenoxy) is 1. The first-order valence-corrected chi connectivity index (χ1v) is 4.43. The Hall–Kier alpha value is -1.00. The molecule has 0 bridgehead atoms. The third-order valence-corrected chi connectivity index (χ3v) is 2.04. The molecule has 0 amide bonds. The van der Waals surface area contributed by atoms with Gasteiger partial charge in [-0.05, 0) is 6.92 Å². The predicted octanol–water partition coefficient (Wildman–Crippen LogP) is 0.273. The van der Waals surface area contributed by atoms with E-state index in [0.717, 1.165) is 31.1 Å². The van der Waals surface area contributed by atoms with Gasteiger partial charge in [0.15, 0.2) is 0 Å². The van der Waals surface area contributed by atoms with Crippen molar-refractivity contribution in [2.24, 2.45) is 0 Å². The average Bonchev–Trinajstić information content (AvgIpc) is 2.05. The van der Waals surface area contributed by atoms with Crippen molar-refractivity contribution in [3.8, 4) is 0 Å². The molecule has 4 nitrogen and oxygen atoms in total. The molecule has 0 aromatic carbocycles. The van der Waals surface area contributed by atoms with Crippen LogP contribution in [-0.2, 0) is 11.3 Å². The normalized spacial score (nSPS) is 17.0. The van der Waals surface area contributed by atoms with Crippen molar-refractivity contribution in [1.29, 1.82) is 0 Å². The highest BCUT2D eigenvalue weighted by Crippen LogP contribution is 2.01. The molecule has 0 atom stereocenters. The van der Waals surface area contributed by atoms with Crippen LogP contribution in [0.2, 0.25) is 0 Å². The van der Waals surface area contributed by atoms with Gasteiger partial charge in [-0.15, -0.1) is 0 Å². The van der Waals surface area contributed by atoms with Gasteiger partial charge in [0.2, 0.25) is 0 Å². The highest BCUT2D eigenvalue weighted by molar-refractivity contribution is 5.00. The van der Waals surface area contributed by atoms with E-state index in [4.69, 9.17) is 4.74 Å². The van der Waals surface area contributed by atoms with Gasteiger partial charge < -0.3 is 10.1 Å². The van der Waals surface area contributed by atoms with Gasteiger partial charge in [0.25, 0.3) is 0 Å². The minimum Gasteiger partial charge on any atom is -0.378 e. The van der Waals surface area contributed by atoms with Gasteiger partial charge in [-0.2, -0.15) is 0 Å². The summed E-state index contributed by atoms with van der Waals surface area (Å²) in [7, 11) is 0. The summed E-state index contributed by atoms with van der Waals surface area (Å²) in [5.41, 5.74) is 1.94. The van der Waals surface area contributed by atoms with Crippen LogP contribution >= 0.6 is 0 Å². The molecular weight excluding hydrogens is 166 g/mol. The van der Waals surface area contributed by atoms with E-state index < -0.39 is 0 Å². The Labute approximate surface area is 77.4 Å². The number of hydrogen-bond acceptors (Lipinski definition) is 4. The molecule has 1 aromatic heterocycles. The summed E-state index contributed by atoms with van der Waals surface area (Å²) < 4.78 is 5.04. The maximum Gasteiger partial charge on any atom is 0.0724 e. The molecular formula is C9H13N3O. The van der Waals surface area contributed by atoms with Crippen LogP contribution in [0.25, 0.3) is 0 Å². The molecule has 1 saturated heterocycles. The Bertz CT molecular complexity index is 269. The molecule has 2 heterocycles. The highest BCUT2D eigenvalue weighted by Gasteiger charge is 2.16. The molecule has 0 aliphatic carbocycles. The molecule has 0 spiro atoms. The van der Waals surface area contributed by atoms with Crippen LogP contribution in [0.15, 0.2) is 12.4 Å². The van der Waals surface area contributed by atoms with Crippen molar-refractivity contribution in [1.82, 2.24) is 15.3 Å². The maximum atomic E-state index is 5.04. The zero-order chi connectivity index (χ0) is 9.10. The Balaban J connectivity index is 1.83. The van der Waals surface area contributed by atoms with E-state index in [9.17, 15) is 0 Å². The number of nitrogens with one attached hydrogen (secondary N) is 1. The molecule has 0 unspecified atom stereocenters. The monoisotopic (exact) mass is 179 g/mol. The van der Waals surface area contributed by atoms with Gasteiger partial charge >= 0.3 is 0 Å². The van der Waals surface area contributed by atoms with Gasteiger partial charge in [-0.3, -0.25) is 9.97 Å². The third-order valence-electron chi connectivity index (χ3n) is 2.04. The van der Waals surface area contributed by atoms with Gasteiger partial charge in [-0.1, -0.05) is 0 Å². The lowest BCUT2D eigenvalue weighted by Gasteiger charge is -2.26. The fourth-order valence-electron chi connectivity index (χ4n) is 1.11. The van der Waals surface area contributed by atoms with E-state index in [1.54, 1.807) is 6.20 Å². The van der Waals surface area contributed by atoms with Crippen LogP contribution < -0.4 is 5.32 Å². The van der Waals surface area contributed by atoms with Crippen LogP contribution in [0.4, 0.5) is 0 Å². The Morgan fingerprint density at radius 3 is 2.85 bits per heavy atom. The van der Waals surface area contributed by atoms with Crippen molar-refractivity contribution in [2.75, 3.05) is 13.2 Å². The van der Waals surface area contributed by atoms with Crippen molar-refractivity contribution in [2.45, 2.75) is 19.5 Å². The summed E-state index contributed by atoms with van der Waals surface area (Å²) in [6, 6.07) is 0.503. The molecule has 1 fully saturated rings. The molecule has 0 radical (unpaired) electrons. The van der Waals surface area contributed by atoms with E-state index in [0.29, 0.717) is 6.04 Å². The van der Waals surface area contributed by atoms with Gasteiger partial charge in [0.1, 0.15) is 0 Å². The minimum atomic E-state index is 0.503. The van der Waals surface area contributed by atoms with Crippen LogP contribution in [-0.4, -0.2) is 29.2 Å². The van der Waals surface area contributed by atoms with Crippen molar-refractivity contribution in [3.63, 3.8) is 0 Å². The van der Waals surface area contributed by atoms with Crippen LogP contribution in [0.3, 0.4) is 0 Å². The lowest BCUT2D eigenvalue weighted by atomic mass is 10.2. The molecule has 1 N–H and O–H groups in total. The molecule has 1 aliphatic rings. The molecule has 1 aliphatic heterocycles. The zero-order valence-corrected chi connectivity index (χ0v) is 7.66. The summed E-state index contributed by atoms with van der Waals surface area (Å²) >= 11 is 0. The summed E-state index contributed by atoms with van der Waals surface area (Å²) in [6.45, 7) is 4.35. The zero-order valence-electron chi connectivity index (χ0n) is 7.66. The summed E-state index contributed by atoms with van der Waals surface area (Å²) in [5, 5.41) is 3.33. The fourth-order valence-corrected chi connectivity index (χ4v) is 1.11. The van der Waals surface area contributed by atoms with Crippen LogP contribution in [0, 0.1) is 6.92 Å². The molecule has 70 valence electrons. The van der Waals surface area contributed by atoms with E-state index >= 15 is 0 Å². The Morgan fingerprint density at radius 2 is 2.31 bits per heavy atom. The largest absolute Gasteiger partial charge is 0.378 e. The SMILES string of the molecule is Cc1cnc(CNC2COC2)cn1. The molecule has 2 rings (SSSR count). The van der Waals surface area contributed by atoms with E-state index in [2.05, 4.69) is 15.3 Å². The van der Waals surface area contributed by atoms with Crippen molar-refractivity contribution < 1.29 is 4.74 Å². The van der Waals surface area contributed by atoms with Crippen molar-refractivity contribution in [3.05, 3.63) is 23.8 Å². The van der Waals surface area contributed by atoms with E-state index in [1.165, 1.54) is 0 Å². The summed E-state index contributed by atoms with van der Waals surface area (Å²) in [6.07, 6.45) is 3.59. The molecule has 0 saturated carbocycles. The quantitative estimate of drug-likeness (QED) is 0.723. The van der Waals surface area contributed by atoms with Gasteiger partial charge in [0, 0.05) is 18.9 Å². The maximum absolute atomic E-state index is 5.04. The molecule has 13 heavy (non-hydrogen) atoms. The molecule has 1 aromatic rings. The second-order valence-corrected chi connectivity index (χ2v) is 3.26. The first kappa shape index (κ1) is 8.59. The van der Waals surface area contributed by atoms with E-state index in [1.807, 2.05) is 13.1 Å². The minimum absolute atomic E-state index is 0.503. The number of rotatable bonds is 3. The first-order valence-electron chi connectivity index (χ1n) is 4.43. The number of hydrogen-bond donors (Lipinski definition) is 1. The topological polar surface area (TPSA) is 47.0 Å². The number of nitrogens with zero attached hydrogens (tertiary/aromatic N) is 2. The van der Waals surface area contributed by atoms with Gasteiger partial charge in [-0.25, -0.2) is 0 Å². The second kappa shape index (κ2) is 3.81. The van der Waals surface area contributed by atoms with E-state index in [-0.39, 0.29) is 0 Å². The smallest absolute Gasteiger partial charge is 0.0724 e. The Morgan fingerprint density at radius 1 is 1.46 bits per heavy atom. The predicted molar refractivity (Wildman–Crippen MR) is 48.2 cm³/mol. The fraction of sp³-hybridized carbons (Fsp3) is 0.556. The second-order valence-electron chi connectivity index (χ2n) is 3.26. The number of aryl methyl sites for hydroxylation is 1. The summed E-state index contributed by atoms with van der Waals surface area (Å²) in [5.74, 6) is 0. The van der Waals surface area contributed by atoms with Crippen molar-refractivity contribution >= 4 is 0 Å². The Kier molecular flexibility index (Phi) is 2.52. The lowest BCUT2D eigenvalue weighted by molar-refractivity contribution is -0.00592. The average molecular weight is 179 g/mol. The van der Waals surface area contributed by atoms with Crippen LogP contribution in [0.1, 0.15) is 11.4 Å². The number of aromatic nitrogens is 2. The summed E-state index contributed by atoms with van der Waals surface area (Å²) in [4.78, 5) is 8.41. The van der Waals surface area contributed by atoms with Crippen LogP contribution in [0.5, 0.6) is 0 Å². The van der Waals surface area contributed by atoms with Gasteiger partial charge in [0.05, 0.1) is 30.6 Å². The third kappa shape index (κ3) is 2.23.